The van der Waals surface area contributed by atoms with E-state index in [-0.39, 0.29) is 5.54 Å². The Bertz CT molecular complexity index is 411. The third-order valence-corrected chi connectivity index (χ3v) is 4.05. The van der Waals surface area contributed by atoms with Crippen LogP contribution in [0.5, 0.6) is 0 Å². The topological polar surface area (TPSA) is 34.2 Å². The molecule has 2 rings (SSSR count). The molecule has 4 heteroatoms. The number of pyridine rings is 1. The number of thioether (sulfide) groups is 1. The van der Waals surface area contributed by atoms with Crippen molar-refractivity contribution in [3.63, 3.8) is 0 Å². The van der Waals surface area contributed by atoms with Gasteiger partial charge in [-0.05, 0) is 38.8 Å². The Morgan fingerprint density at radius 1 is 1.44 bits per heavy atom. The van der Waals surface area contributed by atoms with Gasteiger partial charge >= 0.3 is 0 Å². The van der Waals surface area contributed by atoms with Crippen molar-refractivity contribution in [2.24, 2.45) is 0 Å². The molecule has 1 saturated heterocycles. The highest BCUT2D eigenvalue weighted by Crippen LogP contribution is 2.28. The maximum Gasteiger partial charge on any atom is 0.0993 e. The van der Waals surface area contributed by atoms with Gasteiger partial charge in [-0.25, -0.2) is 4.98 Å². The SMILES string of the molecule is Cc1cc(CNC(C)(C)C)cnc1SC1COC1. The maximum atomic E-state index is 5.19. The van der Waals surface area contributed by atoms with E-state index in [1.807, 2.05) is 18.0 Å². The predicted octanol–water partition coefficient (Wildman–Crippen LogP) is 2.77. The fourth-order valence-electron chi connectivity index (χ4n) is 1.65. The molecule has 2 heterocycles. The first kappa shape index (κ1) is 13.8. The lowest BCUT2D eigenvalue weighted by atomic mass is 10.1. The zero-order chi connectivity index (χ0) is 13.2. The van der Waals surface area contributed by atoms with E-state index in [0.29, 0.717) is 5.25 Å². The van der Waals surface area contributed by atoms with Gasteiger partial charge in [-0.15, -0.1) is 0 Å². The van der Waals surface area contributed by atoms with Crippen LogP contribution < -0.4 is 5.32 Å². The summed E-state index contributed by atoms with van der Waals surface area (Å²) in [6, 6.07) is 2.23. The van der Waals surface area contributed by atoms with Gasteiger partial charge in [0.1, 0.15) is 0 Å². The molecule has 0 atom stereocenters. The number of nitrogens with one attached hydrogen (secondary N) is 1. The number of ether oxygens (including phenoxy) is 1. The van der Waals surface area contributed by atoms with Gasteiger partial charge in [0.25, 0.3) is 0 Å². The van der Waals surface area contributed by atoms with Crippen LogP contribution in [0.2, 0.25) is 0 Å². The Labute approximate surface area is 114 Å². The number of nitrogens with zero attached hydrogens (tertiary/aromatic N) is 1. The van der Waals surface area contributed by atoms with Crippen molar-refractivity contribution in [3.8, 4) is 0 Å². The maximum absolute atomic E-state index is 5.19. The second kappa shape index (κ2) is 5.59. The van der Waals surface area contributed by atoms with Gasteiger partial charge in [-0.2, -0.15) is 0 Å². The van der Waals surface area contributed by atoms with Gasteiger partial charge in [0.2, 0.25) is 0 Å². The summed E-state index contributed by atoms with van der Waals surface area (Å²) in [4.78, 5) is 4.57. The number of hydrogen-bond acceptors (Lipinski definition) is 4. The Balaban J connectivity index is 1.95. The second-order valence-corrected chi connectivity index (χ2v) is 7.14. The molecule has 0 aromatic carbocycles. The highest BCUT2D eigenvalue weighted by Gasteiger charge is 2.21. The van der Waals surface area contributed by atoms with Crippen LogP contribution in [0.15, 0.2) is 17.3 Å². The first-order valence-electron chi connectivity index (χ1n) is 6.39. The van der Waals surface area contributed by atoms with Gasteiger partial charge < -0.3 is 10.1 Å². The smallest absolute Gasteiger partial charge is 0.0993 e. The monoisotopic (exact) mass is 266 g/mol. The fourth-order valence-corrected chi connectivity index (χ4v) is 2.65. The van der Waals surface area contributed by atoms with Crippen LogP contribution in [-0.2, 0) is 11.3 Å². The van der Waals surface area contributed by atoms with Crippen LogP contribution in [0.25, 0.3) is 0 Å². The molecular weight excluding hydrogens is 244 g/mol. The second-order valence-electron chi connectivity index (χ2n) is 5.85. The molecule has 0 aliphatic carbocycles. The lowest BCUT2D eigenvalue weighted by Gasteiger charge is -2.25. The third-order valence-electron chi connectivity index (χ3n) is 2.80. The van der Waals surface area contributed by atoms with Crippen LogP contribution in [0.3, 0.4) is 0 Å². The Morgan fingerprint density at radius 3 is 2.67 bits per heavy atom. The number of aryl methyl sites for hydroxylation is 1. The molecule has 0 unspecified atom stereocenters. The molecule has 0 radical (unpaired) electrons. The van der Waals surface area contributed by atoms with E-state index in [9.17, 15) is 0 Å². The Hall–Kier alpha value is -0.580. The normalized spacial score (nSPS) is 16.7. The standard InChI is InChI=1S/C14H22N2OS/c1-10-5-11(7-16-14(2,3)4)6-15-13(10)18-12-8-17-9-12/h5-6,12,16H,7-9H2,1-4H3. The lowest BCUT2D eigenvalue weighted by molar-refractivity contribution is 0.0454. The average Bonchev–Trinajstić information content (AvgIpc) is 2.21. The minimum atomic E-state index is 0.143. The Kier molecular flexibility index (Phi) is 4.30. The summed E-state index contributed by atoms with van der Waals surface area (Å²) < 4.78 is 5.19. The van der Waals surface area contributed by atoms with Crippen molar-refractivity contribution in [1.82, 2.24) is 10.3 Å². The van der Waals surface area contributed by atoms with Gasteiger partial charge in [-0.3, -0.25) is 0 Å². The van der Waals surface area contributed by atoms with Crippen molar-refractivity contribution in [2.45, 2.75) is 50.1 Å². The van der Waals surface area contributed by atoms with Crippen molar-refractivity contribution in [2.75, 3.05) is 13.2 Å². The van der Waals surface area contributed by atoms with Crippen molar-refractivity contribution < 1.29 is 4.74 Å². The van der Waals surface area contributed by atoms with Crippen molar-refractivity contribution in [3.05, 3.63) is 23.4 Å². The summed E-state index contributed by atoms with van der Waals surface area (Å²) in [5.41, 5.74) is 2.65. The molecule has 3 nitrogen and oxygen atoms in total. The zero-order valence-corrected chi connectivity index (χ0v) is 12.4. The van der Waals surface area contributed by atoms with Gasteiger partial charge in [0.15, 0.2) is 0 Å². The molecule has 0 bridgehead atoms. The molecule has 1 aromatic rings. The quantitative estimate of drug-likeness (QED) is 0.908. The van der Waals surface area contributed by atoms with E-state index < -0.39 is 0 Å². The molecule has 0 saturated carbocycles. The van der Waals surface area contributed by atoms with Crippen LogP contribution in [0.4, 0.5) is 0 Å². The van der Waals surface area contributed by atoms with Crippen LogP contribution in [0, 0.1) is 6.92 Å². The molecule has 1 aliphatic heterocycles. The average molecular weight is 266 g/mol. The molecule has 0 spiro atoms. The highest BCUT2D eigenvalue weighted by molar-refractivity contribution is 8.00. The molecule has 1 aromatic heterocycles. The van der Waals surface area contributed by atoms with Crippen LogP contribution in [-0.4, -0.2) is 29.0 Å². The zero-order valence-electron chi connectivity index (χ0n) is 11.6. The molecule has 1 N–H and O–H groups in total. The van der Waals surface area contributed by atoms with Crippen LogP contribution in [0.1, 0.15) is 31.9 Å². The van der Waals surface area contributed by atoms with E-state index in [0.717, 1.165) is 24.8 Å². The summed E-state index contributed by atoms with van der Waals surface area (Å²) in [6.07, 6.45) is 1.98. The van der Waals surface area contributed by atoms with E-state index in [1.54, 1.807) is 0 Å². The summed E-state index contributed by atoms with van der Waals surface area (Å²) >= 11 is 1.83. The van der Waals surface area contributed by atoms with Crippen molar-refractivity contribution >= 4 is 11.8 Å². The predicted molar refractivity (Wildman–Crippen MR) is 76.0 cm³/mol. The summed E-state index contributed by atoms with van der Waals surface area (Å²) in [5.74, 6) is 0. The van der Waals surface area contributed by atoms with Crippen LogP contribution >= 0.6 is 11.8 Å². The van der Waals surface area contributed by atoms with Crippen molar-refractivity contribution in [1.29, 1.82) is 0 Å². The summed E-state index contributed by atoms with van der Waals surface area (Å²) in [5, 5.41) is 5.22. The molecule has 0 amide bonds. The lowest BCUT2D eigenvalue weighted by Crippen LogP contribution is -2.35. The minimum Gasteiger partial charge on any atom is -0.379 e. The molecule has 1 aliphatic rings. The van der Waals surface area contributed by atoms with E-state index >= 15 is 0 Å². The number of hydrogen-bond donors (Lipinski definition) is 1. The largest absolute Gasteiger partial charge is 0.379 e. The van der Waals surface area contributed by atoms with E-state index in [2.05, 4.69) is 44.1 Å². The molecular formula is C14H22N2OS. The number of rotatable bonds is 4. The highest BCUT2D eigenvalue weighted by atomic mass is 32.2. The van der Waals surface area contributed by atoms with E-state index in [4.69, 9.17) is 4.74 Å². The third kappa shape index (κ3) is 3.97. The first-order chi connectivity index (χ1) is 8.44. The van der Waals surface area contributed by atoms with Gasteiger partial charge in [0.05, 0.1) is 23.5 Å². The summed E-state index contributed by atoms with van der Waals surface area (Å²) in [6.45, 7) is 11.2. The molecule has 1 fully saturated rings. The Morgan fingerprint density at radius 2 is 2.17 bits per heavy atom. The van der Waals surface area contributed by atoms with Gasteiger partial charge in [-0.1, -0.05) is 17.8 Å². The fraction of sp³-hybridized carbons (Fsp3) is 0.643. The molecule has 100 valence electrons. The molecule has 18 heavy (non-hydrogen) atoms. The summed E-state index contributed by atoms with van der Waals surface area (Å²) in [7, 11) is 0. The minimum absolute atomic E-state index is 0.143. The van der Waals surface area contributed by atoms with E-state index in [1.165, 1.54) is 11.1 Å². The van der Waals surface area contributed by atoms with Gasteiger partial charge in [0, 0.05) is 18.3 Å². The first-order valence-corrected chi connectivity index (χ1v) is 7.27. The number of aromatic nitrogens is 1.